The summed E-state index contributed by atoms with van der Waals surface area (Å²) in [5.41, 5.74) is 4.31. The Kier molecular flexibility index (Phi) is 4.77. The molecule has 0 spiro atoms. The van der Waals surface area contributed by atoms with Crippen LogP contribution in [0, 0.1) is 20.8 Å². The van der Waals surface area contributed by atoms with Crippen molar-refractivity contribution in [3.05, 3.63) is 74.0 Å². The number of fused-ring (bicyclic) bond motifs is 1. The number of carbonyl (C=O) groups excluding carboxylic acids is 1. The van der Waals surface area contributed by atoms with E-state index >= 15 is 0 Å². The lowest BCUT2D eigenvalue weighted by atomic mass is 10.1. The summed E-state index contributed by atoms with van der Waals surface area (Å²) in [6.07, 6.45) is 0. The van der Waals surface area contributed by atoms with Crippen molar-refractivity contribution in [1.82, 2.24) is 4.57 Å². The third-order valence-electron chi connectivity index (χ3n) is 4.21. The normalized spacial score (nSPS) is 10.9. The Morgan fingerprint density at radius 1 is 1.08 bits per heavy atom. The van der Waals surface area contributed by atoms with Gasteiger partial charge in [0.25, 0.3) is 0 Å². The van der Waals surface area contributed by atoms with Crippen LogP contribution in [0.4, 0.5) is 5.69 Å². The summed E-state index contributed by atoms with van der Waals surface area (Å²) in [5.74, 6) is -0.133. The molecule has 2 aromatic carbocycles. The molecule has 0 aliphatic carbocycles. The highest BCUT2D eigenvalue weighted by atomic mass is 79.9. The molecule has 0 unspecified atom stereocenters. The minimum atomic E-state index is -0.133. The molecule has 4 nitrogen and oxygen atoms in total. The van der Waals surface area contributed by atoms with Crippen LogP contribution < -0.4 is 10.7 Å². The molecule has 3 rings (SSSR count). The summed E-state index contributed by atoms with van der Waals surface area (Å²) in [6, 6.07) is 13.4. The fraction of sp³-hybridized carbons (Fsp3) is 0.200. The number of benzene rings is 2. The topological polar surface area (TPSA) is 51.1 Å². The van der Waals surface area contributed by atoms with Crippen molar-refractivity contribution in [2.45, 2.75) is 27.3 Å². The minimum absolute atomic E-state index is 0.0495. The lowest BCUT2D eigenvalue weighted by Gasteiger charge is -2.16. The molecule has 128 valence electrons. The molecule has 1 aromatic heterocycles. The van der Waals surface area contributed by atoms with Gasteiger partial charge >= 0.3 is 0 Å². The largest absolute Gasteiger partial charge is 0.334 e. The van der Waals surface area contributed by atoms with Crippen molar-refractivity contribution >= 4 is 38.4 Å². The van der Waals surface area contributed by atoms with Crippen LogP contribution in [0.5, 0.6) is 0 Å². The number of aromatic nitrogens is 1. The zero-order chi connectivity index (χ0) is 18.1. The van der Waals surface area contributed by atoms with Gasteiger partial charge in [-0.05, 0) is 66.5 Å². The molecular formula is C20H19BrN2O2. The summed E-state index contributed by atoms with van der Waals surface area (Å²) in [5, 5.41) is 3.53. The van der Waals surface area contributed by atoms with E-state index in [2.05, 4.69) is 21.2 Å². The van der Waals surface area contributed by atoms with Crippen LogP contribution >= 0.6 is 15.9 Å². The number of hydrogen-bond acceptors (Lipinski definition) is 2. The third kappa shape index (κ3) is 3.51. The Morgan fingerprint density at radius 3 is 2.52 bits per heavy atom. The summed E-state index contributed by atoms with van der Waals surface area (Å²) in [7, 11) is 0. The van der Waals surface area contributed by atoms with E-state index in [1.807, 2.05) is 67.8 Å². The lowest BCUT2D eigenvalue weighted by molar-refractivity contribution is -0.116. The Morgan fingerprint density at radius 2 is 1.80 bits per heavy atom. The predicted octanol–water partition coefficient (Wildman–Crippen LogP) is 4.33. The van der Waals surface area contributed by atoms with Gasteiger partial charge in [0, 0.05) is 16.8 Å². The molecule has 0 radical (unpaired) electrons. The first-order chi connectivity index (χ1) is 11.9. The minimum Gasteiger partial charge on any atom is -0.334 e. The average Bonchev–Trinajstić information content (AvgIpc) is 2.57. The van der Waals surface area contributed by atoms with E-state index in [9.17, 15) is 9.59 Å². The van der Waals surface area contributed by atoms with Crippen molar-refractivity contribution < 1.29 is 4.79 Å². The van der Waals surface area contributed by atoms with Crippen LogP contribution in [-0.4, -0.2) is 10.5 Å². The molecule has 1 N–H and O–H groups in total. The summed E-state index contributed by atoms with van der Waals surface area (Å²) in [6.45, 7) is 5.90. The van der Waals surface area contributed by atoms with E-state index in [1.54, 1.807) is 0 Å². The molecule has 0 aliphatic heterocycles. The smallest absolute Gasteiger partial charge is 0.244 e. The Bertz CT molecular complexity index is 1040. The Labute approximate surface area is 154 Å². The number of nitrogens with zero attached hydrogens (tertiary/aromatic N) is 1. The number of aryl methyl sites for hydroxylation is 2. The van der Waals surface area contributed by atoms with Gasteiger partial charge < -0.3 is 9.88 Å². The molecule has 1 amide bonds. The standard InChI is InChI=1S/C20H19BrN2O2/c1-12-5-4-6-15(9-12)22-18(24)11-23-14(3)19(21)20(25)16-10-13(2)7-8-17(16)23/h4-10H,11H2,1-3H3,(H,22,24). The molecule has 25 heavy (non-hydrogen) atoms. The molecular weight excluding hydrogens is 380 g/mol. The second-order valence-corrected chi connectivity index (χ2v) is 7.05. The molecule has 3 aromatic rings. The first-order valence-electron chi connectivity index (χ1n) is 8.02. The molecule has 0 bridgehead atoms. The van der Waals surface area contributed by atoms with Crippen molar-refractivity contribution in [2.75, 3.05) is 5.32 Å². The van der Waals surface area contributed by atoms with Crippen LogP contribution in [0.25, 0.3) is 10.9 Å². The highest BCUT2D eigenvalue weighted by Crippen LogP contribution is 2.21. The van der Waals surface area contributed by atoms with Gasteiger partial charge in [-0.25, -0.2) is 0 Å². The molecule has 0 fully saturated rings. The summed E-state index contributed by atoms with van der Waals surface area (Å²) < 4.78 is 2.36. The van der Waals surface area contributed by atoms with Crippen LogP contribution in [-0.2, 0) is 11.3 Å². The highest BCUT2D eigenvalue weighted by Gasteiger charge is 2.14. The fourth-order valence-electron chi connectivity index (χ4n) is 2.92. The number of pyridine rings is 1. The van der Waals surface area contributed by atoms with Crippen LogP contribution in [0.1, 0.15) is 16.8 Å². The number of amides is 1. The fourth-order valence-corrected chi connectivity index (χ4v) is 3.35. The zero-order valence-electron chi connectivity index (χ0n) is 14.4. The van der Waals surface area contributed by atoms with Crippen molar-refractivity contribution in [1.29, 1.82) is 0 Å². The van der Waals surface area contributed by atoms with Crippen molar-refractivity contribution in [2.24, 2.45) is 0 Å². The summed E-state index contributed by atoms with van der Waals surface area (Å²) in [4.78, 5) is 25.0. The van der Waals surface area contributed by atoms with Crippen LogP contribution in [0.3, 0.4) is 0 Å². The van der Waals surface area contributed by atoms with E-state index in [-0.39, 0.29) is 17.9 Å². The van der Waals surface area contributed by atoms with Crippen molar-refractivity contribution in [3.63, 3.8) is 0 Å². The number of anilines is 1. The zero-order valence-corrected chi connectivity index (χ0v) is 16.0. The predicted molar refractivity (Wildman–Crippen MR) is 105 cm³/mol. The molecule has 0 saturated carbocycles. The lowest BCUT2D eigenvalue weighted by Crippen LogP contribution is -2.23. The van der Waals surface area contributed by atoms with E-state index in [4.69, 9.17) is 0 Å². The van der Waals surface area contributed by atoms with E-state index in [1.165, 1.54) is 0 Å². The number of hydrogen-bond donors (Lipinski definition) is 1. The number of nitrogens with one attached hydrogen (secondary N) is 1. The van der Waals surface area contributed by atoms with Gasteiger partial charge in [0.15, 0.2) is 0 Å². The molecule has 0 saturated heterocycles. The maximum absolute atomic E-state index is 12.5. The van der Waals surface area contributed by atoms with Crippen molar-refractivity contribution in [3.8, 4) is 0 Å². The van der Waals surface area contributed by atoms with E-state index in [0.29, 0.717) is 9.86 Å². The Hall–Kier alpha value is -2.40. The number of carbonyl (C=O) groups is 1. The monoisotopic (exact) mass is 398 g/mol. The molecule has 1 heterocycles. The first kappa shape index (κ1) is 17.4. The van der Waals surface area contributed by atoms with Gasteiger partial charge in [-0.15, -0.1) is 0 Å². The second-order valence-electron chi connectivity index (χ2n) is 6.25. The second kappa shape index (κ2) is 6.84. The van der Waals surface area contributed by atoms with Gasteiger partial charge in [-0.2, -0.15) is 0 Å². The van der Waals surface area contributed by atoms with Crippen LogP contribution in [0.2, 0.25) is 0 Å². The molecule has 0 atom stereocenters. The molecule has 0 aliphatic rings. The van der Waals surface area contributed by atoms with Crippen LogP contribution in [0.15, 0.2) is 51.7 Å². The average molecular weight is 399 g/mol. The maximum Gasteiger partial charge on any atom is 0.244 e. The SMILES string of the molecule is Cc1cccc(NC(=O)Cn2c(C)c(Br)c(=O)c3cc(C)ccc32)c1. The number of rotatable bonds is 3. The third-order valence-corrected chi connectivity index (χ3v) is 5.15. The maximum atomic E-state index is 12.5. The Balaban J connectivity index is 2.01. The van der Waals surface area contributed by atoms with Gasteiger partial charge in [0.2, 0.25) is 11.3 Å². The first-order valence-corrected chi connectivity index (χ1v) is 8.82. The summed E-state index contributed by atoms with van der Waals surface area (Å²) >= 11 is 3.38. The van der Waals surface area contributed by atoms with E-state index in [0.717, 1.165) is 28.0 Å². The van der Waals surface area contributed by atoms with Gasteiger partial charge in [0.05, 0.1) is 9.99 Å². The van der Waals surface area contributed by atoms with Gasteiger partial charge in [-0.3, -0.25) is 9.59 Å². The number of halogens is 1. The van der Waals surface area contributed by atoms with Gasteiger partial charge in [-0.1, -0.05) is 23.8 Å². The molecule has 5 heteroatoms. The highest BCUT2D eigenvalue weighted by molar-refractivity contribution is 9.10. The van der Waals surface area contributed by atoms with E-state index < -0.39 is 0 Å². The van der Waals surface area contributed by atoms with Gasteiger partial charge in [0.1, 0.15) is 6.54 Å². The quantitative estimate of drug-likeness (QED) is 0.713.